The number of aromatic nitrogens is 3. The second kappa shape index (κ2) is 9.22. The number of nitrogens with two attached hydrogens (primary N) is 1. The Hall–Kier alpha value is -4.00. The van der Waals surface area contributed by atoms with E-state index < -0.39 is 35.6 Å². The summed E-state index contributed by atoms with van der Waals surface area (Å²) < 4.78 is 60.0. The maximum absolute atomic E-state index is 13.7. The van der Waals surface area contributed by atoms with E-state index >= 15 is 0 Å². The van der Waals surface area contributed by atoms with Crippen LogP contribution in [0.15, 0.2) is 36.5 Å². The van der Waals surface area contributed by atoms with E-state index in [-0.39, 0.29) is 39.5 Å². The van der Waals surface area contributed by atoms with E-state index in [1.54, 1.807) is 0 Å². The molecule has 1 aliphatic carbocycles. The second-order valence-electron chi connectivity index (χ2n) is 8.10. The molecule has 5 rings (SSSR count). The third-order valence-corrected chi connectivity index (χ3v) is 6.63. The number of alkyl halides is 2. The first-order chi connectivity index (χ1) is 17.2. The van der Waals surface area contributed by atoms with Crippen molar-refractivity contribution < 1.29 is 31.9 Å². The fourth-order valence-corrected chi connectivity index (χ4v) is 4.75. The summed E-state index contributed by atoms with van der Waals surface area (Å²) in [5.74, 6) is -3.35. The molecule has 4 aromatic rings. The molecule has 0 unspecified atom stereocenters. The van der Waals surface area contributed by atoms with Crippen molar-refractivity contribution in [3.05, 3.63) is 70.0 Å². The average molecular weight is 519 g/mol. The number of benzene rings is 1. The zero-order chi connectivity index (χ0) is 25.6. The van der Waals surface area contributed by atoms with Gasteiger partial charge in [0.05, 0.1) is 5.69 Å². The Morgan fingerprint density at radius 1 is 1.22 bits per heavy atom. The van der Waals surface area contributed by atoms with Gasteiger partial charge in [0.15, 0.2) is 24.0 Å². The zero-order valence-electron chi connectivity index (χ0n) is 18.3. The molecule has 3 aromatic heterocycles. The topological polar surface area (TPSA) is 112 Å². The summed E-state index contributed by atoms with van der Waals surface area (Å²) >= 11 is 0.832. The van der Waals surface area contributed by atoms with E-state index in [0.29, 0.717) is 17.0 Å². The lowest BCUT2D eigenvalue weighted by molar-refractivity contribution is 0.100. The van der Waals surface area contributed by atoms with Gasteiger partial charge in [0.2, 0.25) is 0 Å². The number of nitrogens with one attached hydrogen (secondary N) is 1. The average Bonchev–Trinajstić information content (AvgIpc) is 3.45. The van der Waals surface area contributed by atoms with Gasteiger partial charge in [-0.3, -0.25) is 9.59 Å². The van der Waals surface area contributed by atoms with Gasteiger partial charge in [-0.05, 0) is 48.6 Å². The summed E-state index contributed by atoms with van der Waals surface area (Å²) in [5.41, 5.74) is 5.72. The van der Waals surface area contributed by atoms with Gasteiger partial charge in [-0.1, -0.05) is 0 Å². The number of hydrogen-bond acceptors (Lipinski definition) is 6. The Balaban J connectivity index is 1.41. The Labute approximate surface area is 204 Å². The molecule has 1 aliphatic rings. The molecule has 2 amide bonds. The van der Waals surface area contributed by atoms with Crippen LogP contribution in [0.25, 0.3) is 10.2 Å². The van der Waals surface area contributed by atoms with Crippen LogP contribution in [0.3, 0.4) is 0 Å². The third kappa shape index (κ3) is 4.61. The lowest BCUT2D eigenvalue weighted by atomic mass is 10.0. The lowest BCUT2D eigenvalue weighted by Crippen LogP contribution is -2.18. The number of anilines is 1. The minimum absolute atomic E-state index is 0.0159. The van der Waals surface area contributed by atoms with Crippen LogP contribution in [-0.4, -0.2) is 26.6 Å². The van der Waals surface area contributed by atoms with Gasteiger partial charge in [-0.15, -0.1) is 11.3 Å². The summed E-state index contributed by atoms with van der Waals surface area (Å²) in [6, 6.07) is 5.51. The molecule has 0 aliphatic heterocycles. The van der Waals surface area contributed by atoms with Gasteiger partial charge in [-0.2, -0.15) is 5.10 Å². The maximum Gasteiger partial charge on any atom is 0.280 e. The molecule has 36 heavy (non-hydrogen) atoms. The van der Waals surface area contributed by atoms with Crippen molar-refractivity contribution in [3.63, 3.8) is 0 Å². The molecule has 0 radical (unpaired) electrons. The normalized spacial score (nSPS) is 13.4. The smallest absolute Gasteiger partial charge is 0.280 e. The Morgan fingerprint density at radius 2 is 2.00 bits per heavy atom. The Morgan fingerprint density at radius 3 is 2.67 bits per heavy atom. The van der Waals surface area contributed by atoms with Crippen molar-refractivity contribution >= 4 is 39.1 Å². The first-order valence-electron chi connectivity index (χ1n) is 10.7. The second-order valence-corrected chi connectivity index (χ2v) is 9.10. The van der Waals surface area contributed by atoms with E-state index in [0.717, 1.165) is 36.3 Å². The molecular formula is C23H17F4N5O3S. The predicted octanol–water partition coefficient (Wildman–Crippen LogP) is 4.97. The molecule has 1 aromatic carbocycles. The van der Waals surface area contributed by atoms with Crippen LogP contribution in [0, 0.1) is 11.6 Å². The molecular weight excluding hydrogens is 502 g/mol. The third-order valence-electron chi connectivity index (χ3n) is 5.53. The monoisotopic (exact) mass is 519 g/mol. The Bertz CT molecular complexity index is 1500. The fraction of sp³-hybridized carbons (Fsp3) is 0.217. The van der Waals surface area contributed by atoms with E-state index in [4.69, 9.17) is 10.5 Å². The van der Waals surface area contributed by atoms with Crippen molar-refractivity contribution in [2.75, 3.05) is 5.32 Å². The molecule has 0 bridgehead atoms. The molecule has 13 heteroatoms. The SMILES string of the molecule is NC(=O)c1sc2nc(C(F)F)cc(C3CC3)c2c1NC(=O)c1ccn(COc2ccc(F)cc2F)n1. The number of rotatable bonds is 8. The van der Waals surface area contributed by atoms with Crippen molar-refractivity contribution in [1.29, 1.82) is 0 Å². The highest BCUT2D eigenvalue weighted by molar-refractivity contribution is 7.21. The number of carbonyl (C=O) groups excluding carboxylic acids is 2. The highest BCUT2D eigenvalue weighted by atomic mass is 32.1. The molecule has 0 saturated heterocycles. The largest absolute Gasteiger partial charge is 0.468 e. The minimum atomic E-state index is -2.79. The van der Waals surface area contributed by atoms with Gasteiger partial charge in [0, 0.05) is 17.6 Å². The molecule has 186 valence electrons. The first-order valence-corrected chi connectivity index (χ1v) is 11.5. The number of thiophene rings is 1. The molecule has 1 fully saturated rings. The standard InChI is InChI=1S/C23H17F4N5O3S/c24-11-3-4-16(13(25)7-11)35-9-32-6-5-14(31-32)22(34)30-18-17-12(10-1-2-10)8-15(20(26)27)29-23(17)36-19(18)21(28)33/h3-8,10,20H,1-2,9H2,(H2,28,33)(H,30,34). The summed E-state index contributed by atoms with van der Waals surface area (Å²) in [4.78, 5) is 29.2. The van der Waals surface area contributed by atoms with Gasteiger partial charge in [0.1, 0.15) is 21.2 Å². The number of nitrogens with zero attached hydrogens (tertiary/aromatic N) is 3. The van der Waals surface area contributed by atoms with Crippen LogP contribution in [-0.2, 0) is 6.73 Å². The predicted molar refractivity (Wildman–Crippen MR) is 122 cm³/mol. The number of carbonyl (C=O) groups is 2. The highest BCUT2D eigenvalue weighted by Crippen LogP contribution is 2.48. The number of primary amides is 1. The van der Waals surface area contributed by atoms with Crippen LogP contribution < -0.4 is 15.8 Å². The van der Waals surface area contributed by atoms with Gasteiger partial charge in [0.25, 0.3) is 18.2 Å². The molecule has 1 saturated carbocycles. The number of hydrogen-bond donors (Lipinski definition) is 2. The quantitative estimate of drug-likeness (QED) is 0.319. The summed E-state index contributed by atoms with van der Waals surface area (Å²) in [7, 11) is 0. The van der Waals surface area contributed by atoms with Crippen molar-refractivity contribution in [2.24, 2.45) is 5.73 Å². The van der Waals surface area contributed by atoms with Crippen LogP contribution in [0.4, 0.5) is 23.2 Å². The van der Waals surface area contributed by atoms with E-state index in [1.807, 2.05) is 0 Å². The van der Waals surface area contributed by atoms with Gasteiger partial charge < -0.3 is 15.8 Å². The van der Waals surface area contributed by atoms with Crippen LogP contribution in [0.2, 0.25) is 0 Å². The summed E-state index contributed by atoms with van der Waals surface area (Å²) in [5, 5.41) is 7.11. The first kappa shape index (κ1) is 23.7. The number of halogens is 4. The van der Waals surface area contributed by atoms with E-state index in [9.17, 15) is 27.2 Å². The van der Waals surface area contributed by atoms with Crippen LogP contribution >= 0.6 is 11.3 Å². The van der Waals surface area contributed by atoms with E-state index in [1.165, 1.54) is 23.0 Å². The molecule has 0 atom stereocenters. The summed E-state index contributed by atoms with van der Waals surface area (Å²) in [6.45, 7) is -0.268. The minimum Gasteiger partial charge on any atom is -0.468 e. The van der Waals surface area contributed by atoms with Crippen molar-refractivity contribution in [2.45, 2.75) is 31.9 Å². The van der Waals surface area contributed by atoms with Crippen molar-refractivity contribution in [3.8, 4) is 5.75 Å². The number of fused-ring (bicyclic) bond motifs is 1. The molecule has 8 nitrogen and oxygen atoms in total. The van der Waals surface area contributed by atoms with Crippen molar-refractivity contribution in [1.82, 2.24) is 14.8 Å². The lowest BCUT2D eigenvalue weighted by Gasteiger charge is -2.09. The number of pyridine rings is 1. The molecule has 3 N–H and O–H groups in total. The van der Waals surface area contributed by atoms with Crippen LogP contribution in [0.1, 0.15) is 56.6 Å². The van der Waals surface area contributed by atoms with Gasteiger partial charge >= 0.3 is 0 Å². The summed E-state index contributed by atoms with van der Waals surface area (Å²) in [6.07, 6.45) is 0.188. The number of ether oxygens (including phenoxy) is 1. The van der Waals surface area contributed by atoms with E-state index in [2.05, 4.69) is 15.4 Å². The molecule has 3 heterocycles. The molecule has 0 spiro atoms. The number of amides is 2. The Kier molecular flexibility index (Phi) is 6.08. The maximum atomic E-state index is 13.7. The van der Waals surface area contributed by atoms with Gasteiger partial charge in [-0.25, -0.2) is 27.2 Å². The van der Waals surface area contributed by atoms with Crippen LogP contribution in [0.5, 0.6) is 5.75 Å². The highest BCUT2D eigenvalue weighted by Gasteiger charge is 2.32. The fourth-order valence-electron chi connectivity index (χ4n) is 3.73. The zero-order valence-corrected chi connectivity index (χ0v) is 19.1.